The zero-order chi connectivity index (χ0) is 5.28. The van der Waals surface area contributed by atoms with Gasteiger partial charge >= 0.3 is 0 Å². The van der Waals surface area contributed by atoms with E-state index in [0.717, 1.165) is 19.3 Å². The van der Waals surface area contributed by atoms with Crippen molar-refractivity contribution in [2.45, 2.75) is 19.3 Å². The number of aliphatic hydroxyl groups is 1. The molecular weight excluding hydrogens is 90.1 g/mol. The number of allylic oxidation sites excluding steroid dienone is 2. The molecule has 0 aromatic carbocycles. The third-order valence-corrected chi connectivity index (χ3v) is 1.23. The number of hydrogen-bond donors (Lipinski definition) is 2. The normalized spacial score (nSPS) is 21.1. The fourth-order valence-electron chi connectivity index (χ4n) is 0.751. The van der Waals surface area contributed by atoms with Gasteiger partial charge in [0.25, 0.3) is 0 Å². The summed E-state index contributed by atoms with van der Waals surface area (Å²) in [6, 6.07) is 0. The summed E-state index contributed by atoms with van der Waals surface area (Å²) < 4.78 is 0. The molecule has 0 aliphatic heterocycles. The van der Waals surface area contributed by atoms with Crippen LogP contribution in [0.15, 0.2) is 11.5 Å². The minimum Gasteiger partial charge on any atom is -0.511 e. The molecule has 0 spiro atoms. The maximum absolute atomic E-state index is 8.75. The molecule has 0 heterocycles. The maximum Gasteiger partial charge on any atom is 0.111 e. The molecule has 1 aliphatic carbocycles. The Morgan fingerprint density at radius 1 is 1.43 bits per heavy atom. The Morgan fingerprint density at radius 2 is 2.14 bits per heavy atom. The van der Waals surface area contributed by atoms with Gasteiger partial charge in [-0.15, -0.1) is 0 Å². The van der Waals surface area contributed by atoms with Crippen LogP contribution in [-0.2, 0) is 0 Å². The summed E-state index contributed by atoms with van der Waals surface area (Å²) in [5.41, 5.74) is 5.99. The van der Waals surface area contributed by atoms with Gasteiger partial charge in [-0.2, -0.15) is 0 Å². The minimum atomic E-state index is 0.403. The molecule has 0 unspecified atom stereocenters. The van der Waals surface area contributed by atoms with E-state index in [-0.39, 0.29) is 0 Å². The lowest BCUT2D eigenvalue weighted by Gasteiger charge is -1.87. The first-order chi connectivity index (χ1) is 3.30. The number of rotatable bonds is 0. The van der Waals surface area contributed by atoms with Crippen LogP contribution in [0.1, 0.15) is 19.3 Å². The molecule has 0 atom stereocenters. The van der Waals surface area contributed by atoms with Gasteiger partial charge in [-0.3, -0.25) is 0 Å². The largest absolute Gasteiger partial charge is 0.511 e. The summed E-state index contributed by atoms with van der Waals surface area (Å²) >= 11 is 0. The Labute approximate surface area is 42.6 Å². The molecule has 2 heteroatoms. The van der Waals surface area contributed by atoms with Crippen LogP contribution in [0, 0.1) is 0 Å². The van der Waals surface area contributed by atoms with Crippen molar-refractivity contribution in [1.82, 2.24) is 0 Å². The minimum absolute atomic E-state index is 0.403. The quantitative estimate of drug-likeness (QED) is 0.474. The molecule has 0 amide bonds. The van der Waals surface area contributed by atoms with Crippen molar-refractivity contribution in [3.05, 3.63) is 11.5 Å². The van der Waals surface area contributed by atoms with Crippen LogP contribution in [0.2, 0.25) is 0 Å². The summed E-state index contributed by atoms with van der Waals surface area (Å²) in [5, 5.41) is 8.75. The standard InChI is InChI=1S/C5H9NO/c6-4-2-1-3-5(4)7/h7H,1-3,6H2. The van der Waals surface area contributed by atoms with E-state index < -0.39 is 0 Å². The maximum atomic E-state index is 8.75. The zero-order valence-corrected chi connectivity index (χ0v) is 4.15. The lowest BCUT2D eigenvalue weighted by atomic mass is 10.3. The van der Waals surface area contributed by atoms with Crippen molar-refractivity contribution in [1.29, 1.82) is 0 Å². The van der Waals surface area contributed by atoms with Crippen LogP contribution in [0.4, 0.5) is 0 Å². The average molecular weight is 99.1 g/mol. The second-order valence-electron chi connectivity index (χ2n) is 1.83. The molecule has 0 saturated heterocycles. The Hall–Kier alpha value is -0.660. The van der Waals surface area contributed by atoms with Crippen LogP contribution in [-0.4, -0.2) is 5.11 Å². The smallest absolute Gasteiger partial charge is 0.111 e. The summed E-state index contributed by atoms with van der Waals surface area (Å²) in [4.78, 5) is 0. The molecular formula is C5H9NO. The highest BCUT2D eigenvalue weighted by atomic mass is 16.3. The van der Waals surface area contributed by atoms with Gasteiger partial charge in [0.15, 0.2) is 0 Å². The molecule has 0 bridgehead atoms. The van der Waals surface area contributed by atoms with Gasteiger partial charge in [-0.1, -0.05) is 0 Å². The fraction of sp³-hybridized carbons (Fsp3) is 0.600. The molecule has 0 radical (unpaired) electrons. The summed E-state index contributed by atoms with van der Waals surface area (Å²) in [5.74, 6) is 0.403. The van der Waals surface area contributed by atoms with Gasteiger partial charge in [0.05, 0.1) is 0 Å². The van der Waals surface area contributed by atoms with E-state index in [1.807, 2.05) is 0 Å². The molecule has 40 valence electrons. The Bertz CT molecular complexity index is 94.6. The van der Waals surface area contributed by atoms with E-state index in [1.165, 1.54) is 0 Å². The van der Waals surface area contributed by atoms with E-state index >= 15 is 0 Å². The number of hydrogen-bond acceptors (Lipinski definition) is 2. The van der Waals surface area contributed by atoms with E-state index in [4.69, 9.17) is 10.8 Å². The van der Waals surface area contributed by atoms with E-state index in [1.54, 1.807) is 0 Å². The van der Waals surface area contributed by atoms with Crippen LogP contribution in [0.5, 0.6) is 0 Å². The van der Waals surface area contributed by atoms with E-state index in [0.29, 0.717) is 11.5 Å². The van der Waals surface area contributed by atoms with Crippen molar-refractivity contribution in [2.75, 3.05) is 0 Å². The molecule has 0 fully saturated rings. The van der Waals surface area contributed by atoms with Crippen molar-refractivity contribution in [3.63, 3.8) is 0 Å². The van der Waals surface area contributed by atoms with Crippen LogP contribution >= 0.6 is 0 Å². The summed E-state index contributed by atoms with van der Waals surface area (Å²) in [7, 11) is 0. The predicted molar refractivity (Wildman–Crippen MR) is 27.7 cm³/mol. The highest BCUT2D eigenvalue weighted by Gasteiger charge is 2.07. The van der Waals surface area contributed by atoms with Gasteiger partial charge in [-0.25, -0.2) is 0 Å². The third kappa shape index (κ3) is 0.683. The SMILES string of the molecule is NC1=C(O)CCC1. The Kier molecular flexibility index (Phi) is 0.929. The highest BCUT2D eigenvalue weighted by molar-refractivity contribution is 5.08. The Morgan fingerprint density at radius 3 is 2.29 bits per heavy atom. The highest BCUT2D eigenvalue weighted by Crippen LogP contribution is 2.18. The van der Waals surface area contributed by atoms with Crippen LogP contribution in [0.25, 0.3) is 0 Å². The van der Waals surface area contributed by atoms with Gasteiger partial charge < -0.3 is 10.8 Å². The zero-order valence-electron chi connectivity index (χ0n) is 4.15. The topological polar surface area (TPSA) is 46.2 Å². The van der Waals surface area contributed by atoms with Crippen molar-refractivity contribution in [2.24, 2.45) is 5.73 Å². The van der Waals surface area contributed by atoms with Crippen molar-refractivity contribution < 1.29 is 5.11 Å². The Balaban J connectivity index is 2.64. The molecule has 0 aromatic rings. The molecule has 3 N–H and O–H groups in total. The fourth-order valence-corrected chi connectivity index (χ4v) is 0.751. The van der Waals surface area contributed by atoms with Gasteiger partial charge in [-0.05, 0) is 12.8 Å². The molecule has 7 heavy (non-hydrogen) atoms. The first kappa shape index (κ1) is 4.50. The monoisotopic (exact) mass is 99.1 g/mol. The average Bonchev–Trinajstić information content (AvgIpc) is 1.91. The van der Waals surface area contributed by atoms with Gasteiger partial charge in [0, 0.05) is 12.1 Å². The lowest BCUT2D eigenvalue weighted by molar-refractivity contribution is 0.393. The third-order valence-electron chi connectivity index (χ3n) is 1.23. The second kappa shape index (κ2) is 1.45. The molecule has 1 rings (SSSR count). The van der Waals surface area contributed by atoms with Crippen LogP contribution in [0.3, 0.4) is 0 Å². The van der Waals surface area contributed by atoms with Gasteiger partial charge in [0.2, 0.25) is 0 Å². The lowest BCUT2D eigenvalue weighted by Crippen LogP contribution is -1.94. The molecule has 0 saturated carbocycles. The number of aliphatic hydroxyl groups excluding tert-OH is 1. The summed E-state index contributed by atoms with van der Waals surface area (Å²) in [6.45, 7) is 0. The van der Waals surface area contributed by atoms with Crippen LogP contribution < -0.4 is 5.73 Å². The summed E-state index contributed by atoms with van der Waals surface area (Å²) in [6.07, 6.45) is 2.69. The second-order valence-corrected chi connectivity index (χ2v) is 1.83. The van der Waals surface area contributed by atoms with Gasteiger partial charge in [0.1, 0.15) is 5.76 Å². The van der Waals surface area contributed by atoms with E-state index in [2.05, 4.69) is 0 Å². The molecule has 1 aliphatic rings. The van der Waals surface area contributed by atoms with Crippen molar-refractivity contribution >= 4 is 0 Å². The number of nitrogens with two attached hydrogens (primary N) is 1. The predicted octanol–water partition coefficient (Wildman–Crippen LogP) is 0.899. The molecule has 0 aromatic heterocycles. The molecule has 2 nitrogen and oxygen atoms in total. The first-order valence-electron chi connectivity index (χ1n) is 2.47. The first-order valence-corrected chi connectivity index (χ1v) is 2.47. The van der Waals surface area contributed by atoms with E-state index in [9.17, 15) is 0 Å². The van der Waals surface area contributed by atoms with Crippen molar-refractivity contribution in [3.8, 4) is 0 Å².